The van der Waals surface area contributed by atoms with Crippen LogP contribution in [-0.2, 0) is 9.59 Å². The van der Waals surface area contributed by atoms with E-state index in [0.717, 1.165) is 19.3 Å². The molecule has 4 amide bonds. The molecule has 0 bridgehead atoms. The summed E-state index contributed by atoms with van der Waals surface area (Å²) in [6.07, 6.45) is 5.37. The second kappa shape index (κ2) is 7.44. The van der Waals surface area contributed by atoms with E-state index in [2.05, 4.69) is 16.7 Å². The minimum absolute atomic E-state index is 0.152. The Morgan fingerprint density at radius 2 is 2.13 bits per heavy atom. The molecule has 7 nitrogen and oxygen atoms in total. The molecule has 0 radical (unpaired) electrons. The molecule has 2 aliphatic rings. The van der Waals surface area contributed by atoms with E-state index in [9.17, 15) is 14.4 Å². The third-order valence-corrected chi connectivity index (χ3v) is 4.56. The first-order valence-corrected chi connectivity index (χ1v) is 8.35. The number of nitrogens with zero attached hydrogens (tertiary/aromatic N) is 2. The number of carbonyl (C=O) groups is 3. The zero-order valence-corrected chi connectivity index (χ0v) is 13.6. The largest absolute Gasteiger partial charge is 0.340 e. The third-order valence-electron chi connectivity index (χ3n) is 4.56. The van der Waals surface area contributed by atoms with Crippen LogP contribution in [0.15, 0.2) is 0 Å². The van der Waals surface area contributed by atoms with Gasteiger partial charge >= 0.3 is 6.03 Å². The van der Waals surface area contributed by atoms with Crippen LogP contribution in [0.2, 0.25) is 0 Å². The molecule has 0 aromatic carbocycles. The number of nitriles is 1. The smallest absolute Gasteiger partial charge is 0.325 e. The van der Waals surface area contributed by atoms with Gasteiger partial charge < -0.3 is 10.6 Å². The van der Waals surface area contributed by atoms with E-state index in [1.807, 2.05) is 6.92 Å². The van der Waals surface area contributed by atoms with Crippen molar-refractivity contribution in [3.63, 3.8) is 0 Å². The number of rotatable bonds is 7. The van der Waals surface area contributed by atoms with Crippen LogP contribution in [0.25, 0.3) is 0 Å². The number of hydrogen-bond donors (Lipinski definition) is 2. The Labute approximate surface area is 136 Å². The van der Waals surface area contributed by atoms with Gasteiger partial charge in [0.15, 0.2) is 0 Å². The first kappa shape index (κ1) is 17.3. The van der Waals surface area contributed by atoms with E-state index < -0.39 is 11.6 Å². The molecule has 126 valence electrons. The molecule has 0 unspecified atom stereocenters. The molecule has 2 N–H and O–H groups in total. The maximum absolute atomic E-state index is 12.4. The molecule has 1 saturated heterocycles. The van der Waals surface area contributed by atoms with E-state index in [4.69, 9.17) is 5.26 Å². The normalized spacial score (nSPS) is 20.4. The number of imide groups is 1. The second-order valence-corrected chi connectivity index (χ2v) is 6.32. The van der Waals surface area contributed by atoms with Crippen LogP contribution < -0.4 is 10.6 Å². The maximum atomic E-state index is 12.4. The lowest BCUT2D eigenvalue weighted by molar-refractivity contribution is -0.131. The lowest BCUT2D eigenvalue weighted by Gasteiger charge is -2.20. The summed E-state index contributed by atoms with van der Waals surface area (Å²) < 4.78 is 0. The minimum Gasteiger partial charge on any atom is -0.340 e. The Morgan fingerprint density at radius 3 is 2.74 bits per heavy atom. The highest BCUT2D eigenvalue weighted by molar-refractivity contribution is 6.07. The number of nitrogens with one attached hydrogen (secondary N) is 2. The van der Waals surface area contributed by atoms with Crippen LogP contribution in [-0.4, -0.2) is 40.9 Å². The standard InChI is InChI=1S/C16H24N4O3/c1-2-6-12(11-17)18-13(21)7-5-10-20-14(22)16(19-15(20)23)8-3-4-9-16/h12H,2-10H2,1H3,(H,18,21)(H,19,23)/t12-/m0/s1. The molecule has 7 heteroatoms. The van der Waals surface area contributed by atoms with Gasteiger partial charge in [0.25, 0.3) is 5.91 Å². The predicted molar refractivity (Wildman–Crippen MR) is 83.1 cm³/mol. The maximum Gasteiger partial charge on any atom is 0.325 e. The summed E-state index contributed by atoms with van der Waals surface area (Å²) in [5.74, 6) is -0.367. The van der Waals surface area contributed by atoms with Gasteiger partial charge in [-0.25, -0.2) is 4.79 Å². The van der Waals surface area contributed by atoms with Crippen LogP contribution in [0.3, 0.4) is 0 Å². The van der Waals surface area contributed by atoms with Crippen molar-refractivity contribution in [2.75, 3.05) is 6.54 Å². The molecule has 2 fully saturated rings. The number of carbonyl (C=O) groups excluding carboxylic acids is 3. The summed E-state index contributed by atoms with van der Waals surface area (Å²) in [5, 5.41) is 14.4. The molecule has 0 aromatic heterocycles. The van der Waals surface area contributed by atoms with Crippen molar-refractivity contribution in [3.05, 3.63) is 0 Å². The molecule has 1 atom stereocenters. The molecule has 23 heavy (non-hydrogen) atoms. The van der Waals surface area contributed by atoms with Crippen molar-refractivity contribution in [2.45, 2.75) is 69.9 Å². The molecule has 1 heterocycles. The van der Waals surface area contributed by atoms with Gasteiger partial charge in [-0.15, -0.1) is 0 Å². The van der Waals surface area contributed by atoms with Gasteiger partial charge in [-0.3, -0.25) is 14.5 Å². The first-order chi connectivity index (χ1) is 11.0. The van der Waals surface area contributed by atoms with Gasteiger partial charge in [-0.05, 0) is 25.7 Å². The molecule has 2 rings (SSSR count). The van der Waals surface area contributed by atoms with Crippen molar-refractivity contribution < 1.29 is 14.4 Å². The number of urea groups is 1. The summed E-state index contributed by atoms with van der Waals surface area (Å²) >= 11 is 0. The summed E-state index contributed by atoms with van der Waals surface area (Å²) in [5.41, 5.74) is -0.688. The SMILES string of the molecule is CCC[C@@H](C#N)NC(=O)CCCN1C(=O)NC2(CCCC2)C1=O. The Bertz CT molecular complexity index is 520. The first-order valence-electron chi connectivity index (χ1n) is 8.35. The number of hydrogen-bond acceptors (Lipinski definition) is 4. The Kier molecular flexibility index (Phi) is 5.59. The highest BCUT2D eigenvalue weighted by atomic mass is 16.2. The lowest BCUT2D eigenvalue weighted by atomic mass is 9.98. The summed E-state index contributed by atoms with van der Waals surface area (Å²) in [6.45, 7) is 2.19. The van der Waals surface area contributed by atoms with Crippen molar-refractivity contribution >= 4 is 17.8 Å². The van der Waals surface area contributed by atoms with Crippen LogP contribution >= 0.6 is 0 Å². The van der Waals surface area contributed by atoms with Crippen molar-refractivity contribution in [1.29, 1.82) is 5.26 Å². The fraction of sp³-hybridized carbons (Fsp3) is 0.750. The molecular formula is C16H24N4O3. The van der Waals surface area contributed by atoms with Crippen molar-refractivity contribution in [2.24, 2.45) is 0 Å². The van der Waals surface area contributed by atoms with Gasteiger partial charge in [0.1, 0.15) is 11.6 Å². The zero-order valence-electron chi connectivity index (χ0n) is 13.6. The second-order valence-electron chi connectivity index (χ2n) is 6.32. The Balaban J connectivity index is 1.78. The van der Waals surface area contributed by atoms with Crippen LogP contribution in [0, 0.1) is 11.3 Å². The molecule has 1 aliphatic heterocycles. The van der Waals surface area contributed by atoms with Crippen molar-refractivity contribution in [3.8, 4) is 6.07 Å². The van der Waals surface area contributed by atoms with Gasteiger partial charge in [0.05, 0.1) is 6.07 Å². The van der Waals surface area contributed by atoms with Crippen LogP contribution in [0.5, 0.6) is 0 Å². The monoisotopic (exact) mass is 320 g/mol. The molecule has 1 saturated carbocycles. The summed E-state index contributed by atoms with van der Waals surface area (Å²) in [4.78, 5) is 37.4. The average molecular weight is 320 g/mol. The van der Waals surface area contributed by atoms with Gasteiger partial charge in [-0.1, -0.05) is 26.2 Å². The fourth-order valence-corrected chi connectivity index (χ4v) is 3.32. The third kappa shape index (κ3) is 3.81. The van der Waals surface area contributed by atoms with E-state index in [0.29, 0.717) is 25.7 Å². The molecule has 1 spiro atoms. The molecule has 0 aromatic rings. The topological polar surface area (TPSA) is 102 Å². The van der Waals surface area contributed by atoms with Gasteiger partial charge in [0, 0.05) is 13.0 Å². The lowest BCUT2D eigenvalue weighted by Crippen LogP contribution is -2.44. The summed E-state index contributed by atoms with van der Waals surface area (Å²) in [7, 11) is 0. The quantitative estimate of drug-likeness (QED) is 0.693. The predicted octanol–water partition coefficient (Wildman–Crippen LogP) is 1.44. The van der Waals surface area contributed by atoms with E-state index >= 15 is 0 Å². The highest BCUT2D eigenvalue weighted by Crippen LogP contribution is 2.35. The van der Waals surface area contributed by atoms with Crippen molar-refractivity contribution in [1.82, 2.24) is 15.5 Å². The number of amides is 4. The van der Waals surface area contributed by atoms with Crippen LogP contribution in [0.1, 0.15) is 58.3 Å². The zero-order chi connectivity index (χ0) is 16.9. The fourth-order valence-electron chi connectivity index (χ4n) is 3.32. The van der Waals surface area contributed by atoms with Gasteiger partial charge in [-0.2, -0.15) is 5.26 Å². The summed E-state index contributed by atoms with van der Waals surface area (Å²) in [6, 6.07) is 1.24. The van der Waals surface area contributed by atoms with E-state index in [-0.39, 0.29) is 30.8 Å². The van der Waals surface area contributed by atoms with Crippen LogP contribution in [0.4, 0.5) is 4.79 Å². The Morgan fingerprint density at radius 1 is 1.43 bits per heavy atom. The highest BCUT2D eigenvalue weighted by Gasteiger charge is 2.51. The Hall–Kier alpha value is -2.10. The van der Waals surface area contributed by atoms with Gasteiger partial charge in [0.2, 0.25) is 5.91 Å². The van der Waals surface area contributed by atoms with E-state index in [1.165, 1.54) is 4.90 Å². The molecule has 1 aliphatic carbocycles. The minimum atomic E-state index is -0.688. The average Bonchev–Trinajstić information content (AvgIpc) is 3.07. The van der Waals surface area contributed by atoms with E-state index in [1.54, 1.807) is 0 Å². The molecular weight excluding hydrogens is 296 g/mol.